The number of anilines is 1. The lowest BCUT2D eigenvalue weighted by molar-refractivity contribution is -0.114. The van der Waals surface area contributed by atoms with E-state index in [0.29, 0.717) is 5.56 Å². The Morgan fingerprint density at radius 2 is 2.12 bits per heavy atom. The summed E-state index contributed by atoms with van der Waals surface area (Å²) in [5, 5.41) is 0. The molecule has 1 amide bonds. The largest absolute Gasteiger partial charge is 0.301 e. The molecule has 0 saturated carbocycles. The lowest BCUT2D eigenvalue weighted by Gasteiger charge is -2.15. The van der Waals surface area contributed by atoms with Gasteiger partial charge in [-0.1, -0.05) is 0 Å². The first-order valence-electron chi connectivity index (χ1n) is 5.16. The minimum atomic E-state index is -0.709. The number of fused-ring (bicyclic) bond motifs is 1. The molecule has 1 heterocycles. The fourth-order valence-electron chi connectivity index (χ4n) is 1.91. The molecule has 0 unspecified atom stereocenters. The Hall–Kier alpha value is -2.15. The molecule has 0 fully saturated rings. The molecule has 0 spiro atoms. The van der Waals surface area contributed by atoms with E-state index in [1.807, 2.05) is 0 Å². The van der Waals surface area contributed by atoms with Crippen LogP contribution in [0.5, 0.6) is 0 Å². The molecule has 3 nitrogen and oxygen atoms in total. The Bertz CT molecular complexity index is 557. The number of Topliss-reactive ketones (excluding diaryl/α,β-unsaturated/α-hetero) is 1. The molecule has 0 radical (unpaired) electrons. The van der Waals surface area contributed by atoms with E-state index < -0.39 is 17.5 Å². The molecule has 0 aliphatic carbocycles. The normalized spacial score (nSPS) is 13.8. The maximum atomic E-state index is 13.8. The Morgan fingerprint density at radius 3 is 2.76 bits per heavy atom. The molecule has 17 heavy (non-hydrogen) atoms. The van der Waals surface area contributed by atoms with E-state index in [4.69, 9.17) is 6.42 Å². The third-order valence-corrected chi connectivity index (χ3v) is 2.64. The van der Waals surface area contributed by atoms with Gasteiger partial charge in [0.25, 0.3) is 11.7 Å². The number of carbonyl (C=O) groups excluding carboxylic acids is 2. The van der Waals surface area contributed by atoms with Gasteiger partial charge in [0.05, 0.1) is 11.3 Å². The minimum absolute atomic E-state index is 0.0563. The number of nitrogens with zero attached hydrogens (tertiary/aromatic N) is 1. The molecule has 1 aliphatic rings. The Balaban J connectivity index is 2.53. The maximum Gasteiger partial charge on any atom is 0.299 e. The molecule has 0 N–H and O–H groups in total. The first-order chi connectivity index (χ1) is 8.06. The van der Waals surface area contributed by atoms with Crippen LogP contribution in [-0.4, -0.2) is 18.2 Å². The van der Waals surface area contributed by atoms with Gasteiger partial charge in [-0.2, -0.15) is 0 Å². The molecule has 0 aromatic heterocycles. The SMILES string of the molecule is C#CCCN1C(=O)C(=O)c2cc(C)cc(F)c21. The van der Waals surface area contributed by atoms with Crippen LogP contribution in [0.15, 0.2) is 12.1 Å². The second kappa shape index (κ2) is 4.02. The van der Waals surface area contributed by atoms with Gasteiger partial charge in [-0.3, -0.25) is 9.59 Å². The first kappa shape index (κ1) is 11.3. The van der Waals surface area contributed by atoms with Crippen LogP contribution in [0.1, 0.15) is 22.3 Å². The highest BCUT2D eigenvalue weighted by molar-refractivity contribution is 6.52. The van der Waals surface area contributed by atoms with Crippen molar-refractivity contribution in [3.05, 3.63) is 29.1 Å². The Morgan fingerprint density at radius 1 is 1.41 bits per heavy atom. The standard InChI is InChI=1S/C13H10FNO2/c1-3-4-5-15-11-9(12(16)13(15)17)6-8(2)7-10(11)14/h1,6-7H,4-5H2,2H3. The van der Waals surface area contributed by atoms with Crippen molar-refractivity contribution in [2.75, 3.05) is 11.4 Å². The van der Waals surface area contributed by atoms with Crippen LogP contribution in [-0.2, 0) is 4.79 Å². The number of hydrogen-bond donors (Lipinski definition) is 0. The highest BCUT2D eigenvalue weighted by atomic mass is 19.1. The summed E-state index contributed by atoms with van der Waals surface area (Å²) in [7, 11) is 0. The predicted octanol–water partition coefficient (Wildman–Crippen LogP) is 1.69. The van der Waals surface area contributed by atoms with Crippen molar-refractivity contribution >= 4 is 17.4 Å². The summed E-state index contributed by atoms with van der Waals surface area (Å²) in [6.07, 6.45) is 5.39. The fraction of sp³-hybridized carbons (Fsp3) is 0.231. The van der Waals surface area contributed by atoms with Gasteiger partial charge in [0.2, 0.25) is 0 Å². The summed E-state index contributed by atoms with van der Waals surface area (Å²) in [5.74, 6) is 0.429. The van der Waals surface area contributed by atoms with Gasteiger partial charge in [-0.15, -0.1) is 12.3 Å². The van der Waals surface area contributed by atoms with Crippen molar-refractivity contribution in [2.45, 2.75) is 13.3 Å². The van der Waals surface area contributed by atoms with Gasteiger partial charge in [-0.25, -0.2) is 4.39 Å². The van der Waals surface area contributed by atoms with Crippen LogP contribution < -0.4 is 4.90 Å². The molecular weight excluding hydrogens is 221 g/mol. The zero-order valence-electron chi connectivity index (χ0n) is 9.29. The van der Waals surface area contributed by atoms with Gasteiger partial charge >= 0.3 is 0 Å². The lowest BCUT2D eigenvalue weighted by atomic mass is 10.1. The smallest absolute Gasteiger partial charge is 0.299 e. The maximum absolute atomic E-state index is 13.8. The molecule has 2 rings (SSSR count). The van der Waals surface area contributed by atoms with Gasteiger partial charge in [-0.05, 0) is 24.6 Å². The summed E-state index contributed by atoms with van der Waals surface area (Å²) in [6, 6.07) is 2.82. The summed E-state index contributed by atoms with van der Waals surface area (Å²) >= 11 is 0. The number of terminal acetylenes is 1. The number of benzene rings is 1. The van der Waals surface area contributed by atoms with Crippen LogP contribution in [0.3, 0.4) is 0 Å². The number of hydrogen-bond acceptors (Lipinski definition) is 2. The van der Waals surface area contributed by atoms with Crippen LogP contribution >= 0.6 is 0 Å². The average molecular weight is 231 g/mol. The van der Waals surface area contributed by atoms with Crippen LogP contribution in [0, 0.1) is 25.1 Å². The third-order valence-electron chi connectivity index (χ3n) is 2.64. The molecule has 0 atom stereocenters. The molecule has 0 bridgehead atoms. The summed E-state index contributed by atoms with van der Waals surface area (Å²) in [4.78, 5) is 24.5. The van der Waals surface area contributed by atoms with Gasteiger partial charge < -0.3 is 4.90 Å². The molecule has 4 heteroatoms. The Kier molecular flexibility index (Phi) is 2.68. The van der Waals surface area contributed by atoms with E-state index in [-0.39, 0.29) is 24.2 Å². The summed E-state index contributed by atoms with van der Waals surface area (Å²) < 4.78 is 13.8. The number of carbonyl (C=O) groups is 2. The average Bonchev–Trinajstić information content (AvgIpc) is 2.51. The molecular formula is C13H10FNO2. The number of halogens is 1. The second-order valence-corrected chi connectivity index (χ2v) is 3.88. The van der Waals surface area contributed by atoms with E-state index in [1.54, 1.807) is 6.92 Å². The summed E-state index contributed by atoms with van der Waals surface area (Å²) in [6.45, 7) is 1.83. The lowest BCUT2D eigenvalue weighted by Crippen LogP contribution is -2.30. The highest BCUT2D eigenvalue weighted by Gasteiger charge is 2.37. The van der Waals surface area contributed by atoms with E-state index in [0.717, 1.165) is 4.90 Å². The zero-order chi connectivity index (χ0) is 12.6. The molecule has 86 valence electrons. The second-order valence-electron chi connectivity index (χ2n) is 3.88. The molecule has 1 aliphatic heterocycles. The quantitative estimate of drug-likeness (QED) is 0.573. The Labute approximate surface area is 98.2 Å². The van der Waals surface area contributed by atoms with Crippen molar-refractivity contribution in [2.24, 2.45) is 0 Å². The monoisotopic (exact) mass is 231 g/mol. The van der Waals surface area contributed by atoms with Gasteiger partial charge in [0.15, 0.2) is 0 Å². The summed E-state index contributed by atoms with van der Waals surface area (Å²) in [5.41, 5.74) is 0.798. The van der Waals surface area contributed by atoms with Crippen molar-refractivity contribution in [3.63, 3.8) is 0 Å². The van der Waals surface area contributed by atoms with Crippen molar-refractivity contribution in [3.8, 4) is 12.3 Å². The van der Waals surface area contributed by atoms with Gasteiger partial charge in [0.1, 0.15) is 5.82 Å². The number of ketones is 1. The van der Waals surface area contributed by atoms with E-state index in [1.165, 1.54) is 12.1 Å². The van der Waals surface area contributed by atoms with E-state index in [9.17, 15) is 14.0 Å². The first-order valence-corrected chi connectivity index (χ1v) is 5.16. The van der Waals surface area contributed by atoms with E-state index >= 15 is 0 Å². The third kappa shape index (κ3) is 1.70. The minimum Gasteiger partial charge on any atom is -0.301 e. The van der Waals surface area contributed by atoms with Crippen molar-refractivity contribution in [1.29, 1.82) is 0 Å². The highest BCUT2D eigenvalue weighted by Crippen LogP contribution is 2.32. The number of aryl methyl sites for hydroxylation is 1. The van der Waals surface area contributed by atoms with Crippen molar-refractivity contribution < 1.29 is 14.0 Å². The fourth-order valence-corrected chi connectivity index (χ4v) is 1.91. The zero-order valence-corrected chi connectivity index (χ0v) is 9.29. The topological polar surface area (TPSA) is 37.4 Å². The van der Waals surface area contributed by atoms with Crippen molar-refractivity contribution in [1.82, 2.24) is 0 Å². The number of rotatable bonds is 2. The van der Waals surface area contributed by atoms with E-state index in [2.05, 4.69) is 5.92 Å². The number of amides is 1. The predicted molar refractivity (Wildman–Crippen MR) is 61.3 cm³/mol. The molecule has 1 aromatic carbocycles. The molecule has 1 aromatic rings. The van der Waals surface area contributed by atoms with Crippen LogP contribution in [0.4, 0.5) is 10.1 Å². The van der Waals surface area contributed by atoms with Crippen LogP contribution in [0.2, 0.25) is 0 Å². The molecule has 0 saturated heterocycles. The van der Waals surface area contributed by atoms with Crippen LogP contribution in [0.25, 0.3) is 0 Å². The van der Waals surface area contributed by atoms with Gasteiger partial charge in [0, 0.05) is 13.0 Å².